The number of carboxylic acid groups (broad SMARTS) is 2. The largest absolute Gasteiger partial charge is 0.507 e. The molecule has 0 heterocycles. The van der Waals surface area contributed by atoms with E-state index in [1.165, 1.54) is 19.1 Å². The smallest absolute Gasteiger partial charge is 0.339 e. The fourth-order valence-electron chi connectivity index (χ4n) is 0.654. The summed E-state index contributed by atoms with van der Waals surface area (Å²) in [4.78, 5) is 19.7. The Hall–Kier alpha value is -2.12. The molecule has 1 unspecified atom stereocenters. The molecule has 0 radical (unpaired) electrons. The van der Waals surface area contributed by atoms with Crippen molar-refractivity contribution in [3.8, 4) is 5.75 Å². The standard InChI is InChI=1S/C7H6O3.C3H6O3.H3N/c8-6-4-2-1-3-5(6)7(9)10;1-2(4)3(5)6;/h1-4,8H,(H,9,10);2,4H,1H3,(H,5,6);1H3. The van der Waals surface area contributed by atoms with Crippen LogP contribution >= 0.6 is 0 Å². The predicted molar refractivity (Wildman–Crippen MR) is 59.4 cm³/mol. The summed E-state index contributed by atoms with van der Waals surface area (Å²) in [6, 6.07) is 5.81. The second-order valence-electron chi connectivity index (χ2n) is 2.84. The van der Waals surface area contributed by atoms with Gasteiger partial charge in [0, 0.05) is 0 Å². The number of para-hydroxylation sites is 1. The lowest BCUT2D eigenvalue weighted by Crippen LogP contribution is -2.13. The zero-order valence-electron chi connectivity index (χ0n) is 9.20. The first-order valence-electron chi connectivity index (χ1n) is 4.28. The minimum Gasteiger partial charge on any atom is -0.507 e. The van der Waals surface area contributed by atoms with Crippen molar-refractivity contribution in [2.75, 3.05) is 0 Å². The van der Waals surface area contributed by atoms with E-state index in [0.717, 1.165) is 0 Å². The van der Waals surface area contributed by atoms with Crippen molar-refractivity contribution >= 4 is 11.9 Å². The van der Waals surface area contributed by atoms with Gasteiger partial charge in [-0.1, -0.05) is 12.1 Å². The third-order valence-corrected chi connectivity index (χ3v) is 1.49. The van der Waals surface area contributed by atoms with Crippen molar-refractivity contribution in [1.82, 2.24) is 6.15 Å². The van der Waals surface area contributed by atoms with Gasteiger partial charge in [0.25, 0.3) is 0 Å². The lowest BCUT2D eigenvalue weighted by atomic mass is 10.2. The van der Waals surface area contributed by atoms with Crippen LogP contribution in [-0.4, -0.2) is 38.5 Å². The van der Waals surface area contributed by atoms with E-state index in [9.17, 15) is 9.59 Å². The van der Waals surface area contributed by atoms with Gasteiger partial charge in [-0.2, -0.15) is 0 Å². The maximum absolute atomic E-state index is 10.3. The molecule has 0 spiro atoms. The van der Waals surface area contributed by atoms with E-state index in [0.29, 0.717) is 0 Å². The SMILES string of the molecule is CC(O)C(=O)O.N.O=C(O)c1ccccc1O. The zero-order chi connectivity index (χ0) is 12.7. The number of aliphatic hydroxyl groups is 1. The van der Waals surface area contributed by atoms with Crippen LogP contribution in [0, 0.1) is 0 Å². The fourth-order valence-corrected chi connectivity index (χ4v) is 0.654. The zero-order valence-corrected chi connectivity index (χ0v) is 9.20. The molecule has 0 amide bonds. The first-order valence-corrected chi connectivity index (χ1v) is 4.28. The molecule has 0 aliphatic heterocycles. The lowest BCUT2D eigenvalue weighted by Gasteiger charge is -1.95. The molecule has 0 aromatic heterocycles. The fraction of sp³-hybridized carbons (Fsp3) is 0.200. The highest BCUT2D eigenvalue weighted by Gasteiger charge is 2.05. The number of phenols is 1. The molecule has 0 saturated carbocycles. The molecule has 1 atom stereocenters. The van der Waals surface area contributed by atoms with Crippen LogP contribution < -0.4 is 6.15 Å². The summed E-state index contributed by atoms with van der Waals surface area (Å²) in [5.41, 5.74) is -0.0671. The highest BCUT2D eigenvalue weighted by molar-refractivity contribution is 5.90. The second-order valence-corrected chi connectivity index (χ2v) is 2.84. The maximum atomic E-state index is 10.3. The molecule has 1 aromatic carbocycles. The van der Waals surface area contributed by atoms with Crippen LogP contribution in [0.15, 0.2) is 24.3 Å². The van der Waals surface area contributed by atoms with Crippen LogP contribution in [0.5, 0.6) is 5.75 Å². The number of benzene rings is 1. The minimum absolute atomic E-state index is 0. The Kier molecular flexibility index (Phi) is 8.21. The molecule has 0 saturated heterocycles. The van der Waals surface area contributed by atoms with Crippen LogP contribution in [0.25, 0.3) is 0 Å². The maximum Gasteiger partial charge on any atom is 0.339 e. The van der Waals surface area contributed by atoms with E-state index >= 15 is 0 Å². The Bertz CT molecular complexity index is 377. The van der Waals surface area contributed by atoms with Gasteiger partial charge in [0.1, 0.15) is 17.4 Å². The van der Waals surface area contributed by atoms with Crippen LogP contribution in [0.1, 0.15) is 17.3 Å². The van der Waals surface area contributed by atoms with E-state index in [2.05, 4.69) is 0 Å². The third kappa shape index (κ3) is 6.88. The van der Waals surface area contributed by atoms with Crippen molar-refractivity contribution in [2.45, 2.75) is 13.0 Å². The average Bonchev–Trinajstić information content (AvgIpc) is 2.18. The molecule has 0 fully saturated rings. The van der Waals surface area contributed by atoms with Gasteiger partial charge in [0.05, 0.1) is 0 Å². The van der Waals surface area contributed by atoms with Crippen LogP contribution in [0.3, 0.4) is 0 Å². The third-order valence-electron chi connectivity index (χ3n) is 1.49. The quantitative estimate of drug-likeness (QED) is 0.514. The Morgan fingerprint density at radius 3 is 1.82 bits per heavy atom. The summed E-state index contributed by atoms with van der Waals surface area (Å²) in [6.45, 7) is 1.20. The molecule has 0 bridgehead atoms. The predicted octanol–water partition coefficient (Wildman–Crippen LogP) is 0.704. The summed E-state index contributed by atoms with van der Waals surface area (Å²) in [5, 5.41) is 33.1. The van der Waals surface area contributed by atoms with Gasteiger partial charge >= 0.3 is 11.9 Å². The van der Waals surface area contributed by atoms with Gasteiger partial charge in [-0.25, -0.2) is 9.59 Å². The summed E-state index contributed by atoms with van der Waals surface area (Å²) in [7, 11) is 0. The van der Waals surface area contributed by atoms with E-state index < -0.39 is 18.0 Å². The summed E-state index contributed by atoms with van der Waals surface area (Å²) >= 11 is 0. The highest BCUT2D eigenvalue weighted by atomic mass is 16.4. The molecule has 96 valence electrons. The number of hydrogen-bond donors (Lipinski definition) is 5. The number of aromatic carboxylic acids is 1. The summed E-state index contributed by atoms with van der Waals surface area (Å²) in [6.07, 6.45) is -1.23. The summed E-state index contributed by atoms with van der Waals surface area (Å²) < 4.78 is 0. The Morgan fingerprint density at radius 1 is 1.18 bits per heavy atom. The van der Waals surface area contributed by atoms with Crippen LogP contribution in [0.2, 0.25) is 0 Å². The molecule has 7 nitrogen and oxygen atoms in total. The van der Waals surface area contributed by atoms with Gasteiger partial charge in [-0.05, 0) is 19.1 Å². The van der Waals surface area contributed by atoms with Gasteiger partial charge in [0.2, 0.25) is 0 Å². The van der Waals surface area contributed by atoms with Crippen molar-refractivity contribution in [3.05, 3.63) is 29.8 Å². The van der Waals surface area contributed by atoms with Gasteiger partial charge in [-0.15, -0.1) is 0 Å². The lowest BCUT2D eigenvalue weighted by molar-refractivity contribution is -0.145. The first kappa shape index (κ1) is 17.3. The van der Waals surface area contributed by atoms with E-state index in [4.69, 9.17) is 20.4 Å². The number of aliphatic hydroxyl groups excluding tert-OH is 1. The molecule has 1 aromatic rings. The average molecular weight is 245 g/mol. The van der Waals surface area contributed by atoms with E-state index in [1.807, 2.05) is 0 Å². The second kappa shape index (κ2) is 8.08. The molecule has 0 aliphatic carbocycles. The van der Waals surface area contributed by atoms with Crippen molar-refractivity contribution in [2.24, 2.45) is 0 Å². The van der Waals surface area contributed by atoms with Gasteiger partial charge in [-0.3, -0.25) is 0 Å². The number of rotatable bonds is 2. The van der Waals surface area contributed by atoms with Crippen molar-refractivity contribution in [1.29, 1.82) is 0 Å². The Balaban J connectivity index is 0. The summed E-state index contributed by atoms with van der Waals surface area (Å²) in [5.74, 6) is -2.50. The molecular weight excluding hydrogens is 230 g/mol. The van der Waals surface area contributed by atoms with Gasteiger partial charge in [0.15, 0.2) is 0 Å². The number of carboxylic acids is 2. The number of aromatic hydroxyl groups is 1. The molecule has 1 rings (SSSR count). The molecule has 17 heavy (non-hydrogen) atoms. The highest BCUT2D eigenvalue weighted by Crippen LogP contribution is 2.14. The number of carbonyl (C=O) groups is 2. The number of aliphatic carboxylic acids is 1. The topological polar surface area (TPSA) is 150 Å². The normalized spacial score (nSPS) is 10.2. The Labute approximate surface area is 97.5 Å². The Morgan fingerprint density at radius 2 is 1.59 bits per heavy atom. The van der Waals surface area contributed by atoms with Crippen molar-refractivity contribution < 1.29 is 30.0 Å². The first-order chi connectivity index (χ1) is 7.36. The molecule has 7 N–H and O–H groups in total. The van der Waals surface area contributed by atoms with Gasteiger partial charge < -0.3 is 26.6 Å². The molecule has 7 heteroatoms. The monoisotopic (exact) mass is 245 g/mol. The van der Waals surface area contributed by atoms with Crippen LogP contribution in [-0.2, 0) is 4.79 Å². The van der Waals surface area contributed by atoms with Crippen LogP contribution in [0.4, 0.5) is 0 Å². The number of hydrogen-bond acceptors (Lipinski definition) is 5. The molecule has 0 aliphatic rings. The van der Waals surface area contributed by atoms with E-state index in [-0.39, 0.29) is 17.5 Å². The molecular formula is C10H15NO6. The van der Waals surface area contributed by atoms with Crippen molar-refractivity contribution in [3.63, 3.8) is 0 Å². The van der Waals surface area contributed by atoms with E-state index in [1.54, 1.807) is 12.1 Å². The minimum atomic E-state index is -1.23.